The molecule has 18 heavy (non-hydrogen) atoms. The van der Waals surface area contributed by atoms with Gasteiger partial charge in [0.05, 0.1) is 19.6 Å². The van der Waals surface area contributed by atoms with Crippen LogP contribution in [-0.4, -0.2) is 31.6 Å². The number of para-hydroxylation sites is 1. The molecular weight excluding hydrogens is 232 g/mol. The minimum absolute atomic E-state index is 0.133. The van der Waals surface area contributed by atoms with Crippen LogP contribution in [0, 0.1) is 0 Å². The maximum absolute atomic E-state index is 11.8. The summed E-state index contributed by atoms with van der Waals surface area (Å²) in [7, 11) is 1.34. The number of anilines is 1. The van der Waals surface area contributed by atoms with E-state index in [0.717, 1.165) is 5.69 Å². The minimum atomic E-state index is -0.366. The molecule has 1 atom stereocenters. The molecule has 2 N–H and O–H groups in total. The molecule has 1 rings (SSSR count). The molecule has 98 valence electrons. The van der Waals surface area contributed by atoms with Crippen molar-refractivity contribution in [2.45, 2.75) is 19.4 Å². The maximum Gasteiger partial charge on any atom is 0.306 e. The summed E-state index contributed by atoms with van der Waals surface area (Å²) in [5.74, 6) is -0.427. The Balaban J connectivity index is 2.31. The molecule has 0 fully saturated rings. The van der Waals surface area contributed by atoms with Crippen LogP contribution in [0.3, 0.4) is 0 Å². The average Bonchev–Trinajstić information content (AvgIpc) is 2.39. The largest absolute Gasteiger partial charge is 0.469 e. The fourth-order valence-electron chi connectivity index (χ4n) is 1.36. The van der Waals surface area contributed by atoms with Gasteiger partial charge in [-0.1, -0.05) is 18.2 Å². The predicted molar refractivity (Wildman–Crippen MR) is 69.2 cm³/mol. The Morgan fingerprint density at radius 1 is 1.28 bits per heavy atom. The van der Waals surface area contributed by atoms with Gasteiger partial charge >= 0.3 is 5.97 Å². The number of carbonyl (C=O) groups is 2. The van der Waals surface area contributed by atoms with E-state index in [-0.39, 0.29) is 24.3 Å². The standard InChI is InChI=1S/C13H18N2O3/c1-10(14-9-8-12(16)18-2)13(17)15-11-6-4-3-5-7-11/h3-7,10,14H,8-9H2,1-2H3,(H,15,17). The lowest BCUT2D eigenvalue weighted by atomic mass is 10.2. The van der Waals surface area contributed by atoms with Crippen LogP contribution in [0.4, 0.5) is 5.69 Å². The van der Waals surface area contributed by atoms with Gasteiger partial charge in [-0.05, 0) is 19.1 Å². The number of hydrogen-bond acceptors (Lipinski definition) is 4. The first kappa shape index (κ1) is 14.2. The lowest BCUT2D eigenvalue weighted by Gasteiger charge is -2.13. The van der Waals surface area contributed by atoms with Crippen molar-refractivity contribution in [3.05, 3.63) is 30.3 Å². The van der Waals surface area contributed by atoms with Crippen LogP contribution in [0.15, 0.2) is 30.3 Å². The van der Waals surface area contributed by atoms with E-state index in [1.807, 2.05) is 30.3 Å². The number of amides is 1. The number of carbonyl (C=O) groups excluding carboxylic acids is 2. The van der Waals surface area contributed by atoms with Gasteiger partial charge in [0.1, 0.15) is 0 Å². The second kappa shape index (κ2) is 7.45. The van der Waals surface area contributed by atoms with Crippen molar-refractivity contribution >= 4 is 17.6 Å². The first-order valence-electron chi connectivity index (χ1n) is 5.79. The third-order valence-corrected chi connectivity index (χ3v) is 2.44. The molecule has 0 aliphatic heterocycles. The topological polar surface area (TPSA) is 67.4 Å². The Morgan fingerprint density at radius 3 is 2.56 bits per heavy atom. The molecule has 1 aromatic carbocycles. The summed E-state index contributed by atoms with van der Waals surface area (Å²) >= 11 is 0. The molecule has 0 aliphatic rings. The summed E-state index contributed by atoms with van der Waals surface area (Å²) in [6.45, 7) is 2.16. The van der Waals surface area contributed by atoms with Crippen LogP contribution in [0.2, 0.25) is 0 Å². The normalized spacial score (nSPS) is 11.7. The highest BCUT2D eigenvalue weighted by molar-refractivity contribution is 5.94. The number of methoxy groups -OCH3 is 1. The monoisotopic (exact) mass is 250 g/mol. The summed E-state index contributed by atoms with van der Waals surface area (Å²) in [5.41, 5.74) is 0.754. The van der Waals surface area contributed by atoms with Gasteiger partial charge in [0.25, 0.3) is 0 Å². The van der Waals surface area contributed by atoms with Gasteiger partial charge in [-0.15, -0.1) is 0 Å². The summed E-state index contributed by atoms with van der Waals surface area (Å²) in [5, 5.41) is 5.73. The van der Waals surface area contributed by atoms with E-state index in [2.05, 4.69) is 15.4 Å². The molecular formula is C13H18N2O3. The first-order valence-corrected chi connectivity index (χ1v) is 5.79. The van der Waals surface area contributed by atoms with Crippen molar-refractivity contribution in [2.75, 3.05) is 19.0 Å². The number of benzene rings is 1. The van der Waals surface area contributed by atoms with Gasteiger partial charge in [-0.2, -0.15) is 0 Å². The fourth-order valence-corrected chi connectivity index (χ4v) is 1.36. The zero-order valence-corrected chi connectivity index (χ0v) is 10.6. The molecule has 0 bridgehead atoms. The van der Waals surface area contributed by atoms with Crippen molar-refractivity contribution in [2.24, 2.45) is 0 Å². The maximum atomic E-state index is 11.8. The second-order valence-corrected chi connectivity index (χ2v) is 3.86. The van der Waals surface area contributed by atoms with Gasteiger partial charge in [0.2, 0.25) is 5.91 Å². The Hall–Kier alpha value is -1.88. The molecule has 5 nitrogen and oxygen atoms in total. The summed E-state index contributed by atoms with van der Waals surface area (Å²) in [6.07, 6.45) is 0.249. The van der Waals surface area contributed by atoms with E-state index in [4.69, 9.17) is 0 Å². The van der Waals surface area contributed by atoms with Crippen molar-refractivity contribution in [1.82, 2.24) is 5.32 Å². The number of esters is 1. The number of rotatable bonds is 6. The Labute approximate surface area is 107 Å². The zero-order valence-electron chi connectivity index (χ0n) is 10.6. The molecule has 0 saturated carbocycles. The van der Waals surface area contributed by atoms with Gasteiger partial charge < -0.3 is 15.4 Å². The highest BCUT2D eigenvalue weighted by atomic mass is 16.5. The summed E-state index contributed by atoms with van der Waals surface area (Å²) in [6, 6.07) is 8.86. The van der Waals surface area contributed by atoms with Crippen LogP contribution >= 0.6 is 0 Å². The molecule has 0 aliphatic carbocycles. The predicted octanol–water partition coefficient (Wildman–Crippen LogP) is 1.17. The molecule has 0 spiro atoms. The van der Waals surface area contributed by atoms with E-state index in [9.17, 15) is 9.59 Å². The summed E-state index contributed by atoms with van der Waals surface area (Å²) < 4.78 is 4.51. The first-order chi connectivity index (χ1) is 8.63. The molecule has 0 heterocycles. The van der Waals surface area contributed by atoms with Gasteiger partial charge in [0.15, 0.2) is 0 Å². The number of ether oxygens (including phenoxy) is 1. The Kier molecular flexibility index (Phi) is 5.87. The van der Waals surface area contributed by atoms with Crippen LogP contribution in [-0.2, 0) is 14.3 Å². The van der Waals surface area contributed by atoms with Gasteiger partial charge in [-0.25, -0.2) is 0 Å². The minimum Gasteiger partial charge on any atom is -0.469 e. The molecule has 1 aromatic rings. The zero-order chi connectivity index (χ0) is 13.4. The molecule has 0 radical (unpaired) electrons. The highest BCUT2D eigenvalue weighted by Crippen LogP contribution is 2.05. The van der Waals surface area contributed by atoms with E-state index >= 15 is 0 Å². The quantitative estimate of drug-likeness (QED) is 0.744. The van der Waals surface area contributed by atoms with Crippen molar-refractivity contribution in [1.29, 1.82) is 0 Å². The average molecular weight is 250 g/mol. The Bertz CT molecular complexity index is 392. The number of hydrogen-bond donors (Lipinski definition) is 2. The van der Waals surface area contributed by atoms with Crippen LogP contribution < -0.4 is 10.6 Å². The van der Waals surface area contributed by atoms with E-state index in [0.29, 0.717) is 6.54 Å². The van der Waals surface area contributed by atoms with E-state index in [1.54, 1.807) is 6.92 Å². The molecule has 1 unspecified atom stereocenters. The molecule has 1 amide bonds. The third kappa shape index (κ3) is 4.97. The molecule has 5 heteroatoms. The van der Waals surface area contributed by atoms with Crippen LogP contribution in [0.5, 0.6) is 0 Å². The fraction of sp³-hybridized carbons (Fsp3) is 0.385. The van der Waals surface area contributed by atoms with Crippen molar-refractivity contribution < 1.29 is 14.3 Å². The van der Waals surface area contributed by atoms with Crippen molar-refractivity contribution in [3.8, 4) is 0 Å². The second-order valence-electron chi connectivity index (χ2n) is 3.86. The lowest BCUT2D eigenvalue weighted by Crippen LogP contribution is -2.39. The van der Waals surface area contributed by atoms with Gasteiger partial charge in [0, 0.05) is 12.2 Å². The smallest absolute Gasteiger partial charge is 0.306 e. The van der Waals surface area contributed by atoms with Crippen molar-refractivity contribution in [3.63, 3.8) is 0 Å². The third-order valence-electron chi connectivity index (χ3n) is 2.44. The van der Waals surface area contributed by atoms with Crippen LogP contribution in [0.1, 0.15) is 13.3 Å². The highest BCUT2D eigenvalue weighted by Gasteiger charge is 2.12. The lowest BCUT2D eigenvalue weighted by molar-refractivity contribution is -0.140. The van der Waals surface area contributed by atoms with Crippen LogP contribution in [0.25, 0.3) is 0 Å². The molecule has 0 saturated heterocycles. The molecule has 0 aromatic heterocycles. The van der Waals surface area contributed by atoms with E-state index in [1.165, 1.54) is 7.11 Å². The summed E-state index contributed by atoms with van der Waals surface area (Å²) in [4.78, 5) is 22.7. The number of nitrogens with one attached hydrogen (secondary N) is 2. The van der Waals surface area contributed by atoms with E-state index < -0.39 is 0 Å². The SMILES string of the molecule is COC(=O)CCNC(C)C(=O)Nc1ccccc1. The Morgan fingerprint density at radius 2 is 1.94 bits per heavy atom. The van der Waals surface area contributed by atoms with Gasteiger partial charge in [-0.3, -0.25) is 9.59 Å².